The van der Waals surface area contributed by atoms with Gasteiger partial charge < -0.3 is 28.6 Å². The van der Waals surface area contributed by atoms with E-state index >= 15 is 0 Å². The van der Waals surface area contributed by atoms with E-state index in [2.05, 4.69) is 50.3 Å². The zero-order valence-electron chi connectivity index (χ0n) is 39.2. The first-order chi connectivity index (χ1) is 28.6. The molecule has 0 aliphatic carbocycles. The Balaban J connectivity index is 4.26. The van der Waals surface area contributed by atoms with Crippen LogP contribution in [0.2, 0.25) is 0 Å². The molecule has 59 heavy (non-hydrogen) atoms. The number of hydrogen-bond donors (Lipinski definition) is 0. The average Bonchev–Trinajstić information content (AvgIpc) is 3.19. The molecule has 344 valence electrons. The number of carboxylic acid groups (broad SMARTS) is 1. The summed E-state index contributed by atoms with van der Waals surface area (Å²) in [6.07, 6.45) is 48.8. The predicted octanol–water partition coefficient (Wildman–Crippen LogP) is 12.5. The van der Waals surface area contributed by atoms with Gasteiger partial charge >= 0.3 is 11.9 Å². The standard InChI is InChI=1S/C51H93NO7/c1-6-8-10-12-14-16-18-20-22-24-26-27-29-31-33-35-37-39-41-49(53)58-46-47(45-57-44-43-48(51(55)56)52(3,4)5)59-50(54)42-40-38-36-34-32-30-28-25-23-21-19-17-15-13-11-9-7-2/h9,11,15,17,21,23,47-48H,6-8,10,12-14,16,18-20,22,24-46H2,1-5H3/b11-9-,17-15-,23-21-. The number of quaternary nitrogens is 1. The van der Waals surface area contributed by atoms with E-state index in [-0.39, 0.29) is 42.7 Å². The van der Waals surface area contributed by atoms with Gasteiger partial charge in [0.25, 0.3) is 0 Å². The fourth-order valence-corrected chi connectivity index (χ4v) is 7.26. The molecule has 0 amide bonds. The van der Waals surface area contributed by atoms with Gasteiger partial charge in [0.15, 0.2) is 6.10 Å². The molecule has 0 saturated carbocycles. The number of carboxylic acids is 1. The minimum atomic E-state index is -1.12. The number of unbranched alkanes of at least 4 members (excludes halogenated alkanes) is 24. The van der Waals surface area contributed by atoms with Crippen LogP contribution in [0.25, 0.3) is 0 Å². The van der Waals surface area contributed by atoms with Crippen LogP contribution in [0.1, 0.15) is 219 Å². The molecule has 0 radical (unpaired) electrons. The van der Waals surface area contributed by atoms with Gasteiger partial charge in [-0.1, -0.05) is 192 Å². The summed E-state index contributed by atoms with van der Waals surface area (Å²) in [5, 5.41) is 11.6. The highest BCUT2D eigenvalue weighted by Crippen LogP contribution is 2.16. The molecular weight excluding hydrogens is 739 g/mol. The van der Waals surface area contributed by atoms with Gasteiger partial charge in [-0.15, -0.1) is 0 Å². The molecule has 0 aromatic rings. The summed E-state index contributed by atoms with van der Waals surface area (Å²) in [7, 11) is 5.41. The molecule has 0 aliphatic heterocycles. The normalized spacial score (nSPS) is 13.2. The second kappa shape index (κ2) is 42.2. The van der Waals surface area contributed by atoms with Crippen molar-refractivity contribution in [2.24, 2.45) is 0 Å². The third kappa shape index (κ3) is 40.7. The zero-order valence-corrected chi connectivity index (χ0v) is 39.2. The van der Waals surface area contributed by atoms with Gasteiger partial charge in [-0.25, -0.2) is 0 Å². The van der Waals surface area contributed by atoms with Crippen molar-refractivity contribution in [1.29, 1.82) is 0 Å². The van der Waals surface area contributed by atoms with Crippen LogP contribution in [-0.4, -0.2) is 75.5 Å². The maximum absolute atomic E-state index is 12.8. The van der Waals surface area contributed by atoms with Crippen LogP contribution >= 0.6 is 0 Å². The van der Waals surface area contributed by atoms with Crippen LogP contribution in [0.3, 0.4) is 0 Å². The van der Waals surface area contributed by atoms with Crippen LogP contribution in [0.15, 0.2) is 36.5 Å². The van der Waals surface area contributed by atoms with Crippen LogP contribution in [0.5, 0.6) is 0 Å². The minimum Gasteiger partial charge on any atom is -0.544 e. The van der Waals surface area contributed by atoms with E-state index < -0.39 is 18.1 Å². The van der Waals surface area contributed by atoms with Crippen molar-refractivity contribution >= 4 is 17.9 Å². The highest BCUT2D eigenvalue weighted by atomic mass is 16.6. The number of ether oxygens (including phenoxy) is 3. The SMILES string of the molecule is CC/C=C\C/C=C\C/C=C\CCCCCCCCCC(=O)OC(COCCC(C(=O)[O-])[N+](C)(C)C)COC(=O)CCCCCCCCCCCCCCCCCCCC. The Morgan fingerprint density at radius 2 is 0.949 bits per heavy atom. The average molecular weight is 832 g/mol. The number of hydrogen-bond acceptors (Lipinski definition) is 7. The van der Waals surface area contributed by atoms with Gasteiger partial charge in [-0.3, -0.25) is 9.59 Å². The summed E-state index contributed by atoms with van der Waals surface area (Å²) in [5.41, 5.74) is 0. The summed E-state index contributed by atoms with van der Waals surface area (Å²) >= 11 is 0. The third-order valence-corrected chi connectivity index (χ3v) is 11.0. The number of allylic oxidation sites excluding steroid dienone is 6. The highest BCUT2D eigenvalue weighted by molar-refractivity contribution is 5.70. The van der Waals surface area contributed by atoms with E-state index in [1.807, 2.05) is 0 Å². The first-order valence-electron chi connectivity index (χ1n) is 24.5. The van der Waals surface area contributed by atoms with Crippen molar-refractivity contribution in [2.75, 3.05) is 41.0 Å². The van der Waals surface area contributed by atoms with E-state index in [4.69, 9.17) is 14.2 Å². The van der Waals surface area contributed by atoms with Gasteiger partial charge in [0.1, 0.15) is 12.6 Å². The number of carbonyl (C=O) groups excluding carboxylic acids is 3. The molecule has 8 heteroatoms. The topological polar surface area (TPSA) is 102 Å². The Bertz CT molecular complexity index is 1060. The molecule has 2 unspecified atom stereocenters. The van der Waals surface area contributed by atoms with Gasteiger partial charge in [0.05, 0.1) is 40.3 Å². The van der Waals surface area contributed by atoms with Crippen LogP contribution in [0.4, 0.5) is 0 Å². The summed E-state index contributed by atoms with van der Waals surface area (Å²) in [6, 6.07) is -0.726. The monoisotopic (exact) mass is 832 g/mol. The van der Waals surface area contributed by atoms with E-state index in [1.54, 1.807) is 21.1 Å². The van der Waals surface area contributed by atoms with Crippen molar-refractivity contribution in [1.82, 2.24) is 0 Å². The maximum atomic E-state index is 12.8. The van der Waals surface area contributed by atoms with Crippen molar-refractivity contribution < 1.29 is 38.2 Å². The van der Waals surface area contributed by atoms with Crippen LogP contribution in [-0.2, 0) is 28.6 Å². The lowest BCUT2D eigenvalue weighted by Gasteiger charge is -2.34. The Kier molecular flexibility index (Phi) is 40.5. The van der Waals surface area contributed by atoms with Gasteiger partial charge in [-0.05, 0) is 44.9 Å². The second-order valence-electron chi connectivity index (χ2n) is 17.7. The Labute approximate surface area is 364 Å². The molecule has 0 spiro atoms. The van der Waals surface area contributed by atoms with Gasteiger partial charge in [0.2, 0.25) is 0 Å². The van der Waals surface area contributed by atoms with E-state index in [0.29, 0.717) is 12.8 Å². The first kappa shape index (κ1) is 56.5. The largest absolute Gasteiger partial charge is 0.544 e. The smallest absolute Gasteiger partial charge is 0.306 e. The Morgan fingerprint density at radius 1 is 0.525 bits per heavy atom. The second-order valence-corrected chi connectivity index (χ2v) is 17.7. The lowest BCUT2D eigenvalue weighted by atomic mass is 10.0. The number of esters is 2. The summed E-state index contributed by atoms with van der Waals surface area (Å²) in [4.78, 5) is 37.0. The van der Waals surface area contributed by atoms with Crippen LogP contribution in [0, 0.1) is 0 Å². The third-order valence-electron chi connectivity index (χ3n) is 11.0. The lowest BCUT2D eigenvalue weighted by Crippen LogP contribution is -2.55. The van der Waals surface area contributed by atoms with Crippen molar-refractivity contribution in [3.63, 3.8) is 0 Å². The lowest BCUT2D eigenvalue weighted by molar-refractivity contribution is -0.889. The number of rotatable bonds is 44. The molecule has 8 nitrogen and oxygen atoms in total. The van der Waals surface area contributed by atoms with Gasteiger partial charge in [0, 0.05) is 19.3 Å². The summed E-state index contributed by atoms with van der Waals surface area (Å²) < 4.78 is 17.2. The molecule has 2 atom stereocenters. The molecule has 0 fully saturated rings. The Hall–Kier alpha value is -2.45. The Morgan fingerprint density at radius 3 is 1.41 bits per heavy atom. The fraction of sp³-hybridized carbons (Fsp3) is 0.824. The minimum absolute atomic E-state index is 0.0393. The maximum Gasteiger partial charge on any atom is 0.306 e. The molecular formula is C51H93NO7. The molecule has 0 rings (SSSR count). The van der Waals surface area contributed by atoms with E-state index in [9.17, 15) is 19.5 Å². The quantitative estimate of drug-likeness (QED) is 0.0261. The molecule has 0 aromatic carbocycles. The van der Waals surface area contributed by atoms with Crippen LogP contribution < -0.4 is 5.11 Å². The molecule has 0 bridgehead atoms. The van der Waals surface area contributed by atoms with Gasteiger partial charge in [-0.2, -0.15) is 0 Å². The van der Waals surface area contributed by atoms with E-state index in [1.165, 1.54) is 122 Å². The molecule has 0 heterocycles. The number of aliphatic carboxylic acids is 1. The highest BCUT2D eigenvalue weighted by Gasteiger charge is 2.25. The molecule has 0 aromatic heterocycles. The molecule has 0 N–H and O–H groups in total. The predicted molar refractivity (Wildman–Crippen MR) is 245 cm³/mol. The van der Waals surface area contributed by atoms with Crippen molar-refractivity contribution in [3.8, 4) is 0 Å². The summed E-state index contributed by atoms with van der Waals surface area (Å²) in [5.74, 6) is -1.74. The fourth-order valence-electron chi connectivity index (χ4n) is 7.26. The zero-order chi connectivity index (χ0) is 43.5. The molecule has 0 aliphatic rings. The number of carbonyl (C=O) groups is 3. The van der Waals surface area contributed by atoms with Crippen molar-refractivity contribution in [3.05, 3.63) is 36.5 Å². The summed E-state index contributed by atoms with van der Waals surface area (Å²) in [6.45, 7) is 4.57. The van der Waals surface area contributed by atoms with Crippen molar-refractivity contribution in [2.45, 2.75) is 231 Å². The number of likely N-dealkylation sites (N-methyl/N-ethyl adjacent to an activating group) is 1. The first-order valence-corrected chi connectivity index (χ1v) is 24.5. The van der Waals surface area contributed by atoms with E-state index in [0.717, 1.165) is 64.2 Å². The molecule has 0 saturated heterocycles. The number of nitrogens with zero attached hydrogens (tertiary/aromatic N) is 1.